The molecular formula is C27H26F3N7O3. The predicted octanol–water partition coefficient (Wildman–Crippen LogP) is 4.99. The molecule has 5 rings (SSSR count). The molecule has 3 aromatic rings. The van der Waals surface area contributed by atoms with Crippen LogP contribution in [0.25, 0.3) is 0 Å². The molecule has 1 amide bonds. The summed E-state index contributed by atoms with van der Waals surface area (Å²) in [6.45, 7) is 3.79. The molecule has 0 saturated heterocycles. The Morgan fingerprint density at radius 2 is 1.85 bits per heavy atom. The van der Waals surface area contributed by atoms with Gasteiger partial charge in [-0.2, -0.15) is 18.2 Å². The highest BCUT2D eigenvalue weighted by molar-refractivity contribution is 6.11. The predicted molar refractivity (Wildman–Crippen MR) is 144 cm³/mol. The lowest BCUT2D eigenvalue weighted by atomic mass is 10.1. The van der Waals surface area contributed by atoms with Crippen LogP contribution in [0.2, 0.25) is 0 Å². The highest BCUT2D eigenvalue weighted by atomic mass is 19.4. The topological polar surface area (TPSA) is 122 Å². The third kappa shape index (κ3) is 5.59. The first-order chi connectivity index (χ1) is 19.0. The number of hydrogen-bond donors (Lipinski definition) is 3. The van der Waals surface area contributed by atoms with Gasteiger partial charge in [-0.25, -0.2) is 9.98 Å². The Bertz CT molecular complexity index is 1550. The van der Waals surface area contributed by atoms with Gasteiger partial charge < -0.3 is 25.4 Å². The maximum Gasteiger partial charge on any atom is 0.416 e. The van der Waals surface area contributed by atoms with E-state index in [1.54, 1.807) is 18.3 Å². The Kier molecular flexibility index (Phi) is 6.92. The smallest absolute Gasteiger partial charge is 0.416 e. The summed E-state index contributed by atoms with van der Waals surface area (Å²) in [5.41, 5.74) is 0.834. The van der Waals surface area contributed by atoms with E-state index >= 15 is 0 Å². The van der Waals surface area contributed by atoms with Crippen molar-refractivity contribution in [3.05, 3.63) is 64.3 Å². The Morgan fingerprint density at radius 3 is 2.50 bits per heavy atom. The summed E-state index contributed by atoms with van der Waals surface area (Å²) in [6.07, 6.45) is -1.57. The molecule has 13 heteroatoms. The van der Waals surface area contributed by atoms with Crippen molar-refractivity contribution in [1.82, 2.24) is 15.3 Å². The van der Waals surface area contributed by atoms with Crippen molar-refractivity contribution in [3.63, 3.8) is 0 Å². The van der Waals surface area contributed by atoms with Crippen LogP contribution in [0.1, 0.15) is 46.5 Å². The van der Waals surface area contributed by atoms with Crippen LogP contribution in [0.4, 0.5) is 36.3 Å². The van der Waals surface area contributed by atoms with Gasteiger partial charge in [0.25, 0.3) is 5.91 Å². The molecule has 0 unspecified atom stereocenters. The maximum absolute atomic E-state index is 13.7. The molecule has 2 aliphatic heterocycles. The fourth-order valence-corrected chi connectivity index (χ4v) is 4.32. The molecule has 0 aliphatic carbocycles. The summed E-state index contributed by atoms with van der Waals surface area (Å²) in [7, 11) is 2.96. The molecule has 0 spiro atoms. The van der Waals surface area contributed by atoms with Crippen molar-refractivity contribution in [3.8, 4) is 5.75 Å². The van der Waals surface area contributed by atoms with Crippen LogP contribution in [0.5, 0.6) is 5.75 Å². The average Bonchev–Trinajstić information content (AvgIpc) is 3.26. The molecule has 10 nitrogen and oxygen atoms in total. The van der Waals surface area contributed by atoms with Crippen molar-refractivity contribution in [1.29, 1.82) is 0 Å². The number of aromatic nitrogens is 2. The lowest BCUT2D eigenvalue weighted by Gasteiger charge is -2.19. The number of anilines is 4. The van der Waals surface area contributed by atoms with Crippen molar-refractivity contribution in [2.45, 2.75) is 38.8 Å². The van der Waals surface area contributed by atoms with Gasteiger partial charge in [0.1, 0.15) is 11.4 Å². The van der Waals surface area contributed by atoms with Gasteiger partial charge in [-0.3, -0.25) is 9.79 Å². The van der Waals surface area contributed by atoms with Crippen LogP contribution >= 0.6 is 0 Å². The first kappa shape index (κ1) is 27.1. The molecule has 208 valence electrons. The highest BCUT2D eigenvalue weighted by Crippen LogP contribution is 2.37. The van der Waals surface area contributed by atoms with E-state index in [2.05, 4.69) is 35.9 Å². The van der Waals surface area contributed by atoms with E-state index in [-0.39, 0.29) is 36.2 Å². The van der Waals surface area contributed by atoms with E-state index in [1.165, 1.54) is 26.4 Å². The minimum absolute atomic E-state index is 0.0275. The van der Waals surface area contributed by atoms with Crippen molar-refractivity contribution in [2.75, 3.05) is 24.8 Å². The van der Waals surface area contributed by atoms with Crippen LogP contribution in [0.3, 0.4) is 0 Å². The third-order valence-electron chi connectivity index (χ3n) is 6.12. The molecule has 40 heavy (non-hydrogen) atoms. The first-order valence-corrected chi connectivity index (χ1v) is 12.2. The molecular weight excluding hydrogens is 527 g/mol. The molecule has 0 radical (unpaired) electrons. The summed E-state index contributed by atoms with van der Waals surface area (Å²) in [6, 6.07) is 7.07. The molecule has 0 atom stereocenters. The summed E-state index contributed by atoms with van der Waals surface area (Å²) in [5, 5.41) is 8.50. The number of aliphatic imine (C=N–C) groups is 2. The normalized spacial score (nSPS) is 15.8. The van der Waals surface area contributed by atoms with Crippen LogP contribution in [0, 0.1) is 0 Å². The highest BCUT2D eigenvalue weighted by Gasteiger charge is 2.31. The van der Waals surface area contributed by atoms with Crippen molar-refractivity contribution >= 4 is 41.1 Å². The first-order valence-electron chi connectivity index (χ1n) is 12.2. The van der Waals surface area contributed by atoms with Crippen molar-refractivity contribution < 1.29 is 27.4 Å². The second-order valence-corrected chi connectivity index (χ2v) is 9.77. The molecule has 0 saturated carbocycles. The average molecular weight is 554 g/mol. The molecule has 3 N–H and O–H groups in total. The minimum atomic E-state index is -4.58. The second kappa shape index (κ2) is 10.2. The van der Waals surface area contributed by atoms with E-state index < -0.39 is 23.2 Å². The van der Waals surface area contributed by atoms with E-state index in [0.29, 0.717) is 34.0 Å². The summed E-state index contributed by atoms with van der Waals surface area (Å²) in [4.78, 5) is 30.4. The molecule has 3 heterocycles. The number of carbonyl (C=O) groups is 1. The molecule has 2 aromatic carbocycles. The Hall–Kier alpha value is -4.52. The zero-order chi connectivity index (χ0) is 28.7. The number of carbonyl (C=O) groups excluding carboxylic acids is 1. The zero-order valence-electron chi connectivity index (χ0n) is 22.1. The molecule has 0 fully saturated rings. The van der Waals surface area contributed by atoms with Gasteiger partial charge in [0.2, 0.25) is 5.95 Å². The largest absolute Gasteiger partial charge is 0.494 e. The number of nitrogens with one attached hydrogen (secondary N) is 3. The number of methoxy groups -OCH3 is 1. The van der Waals surface area contributed by atoms with Gasteiger partial charge in [-0.05, 0) is 55.3 Å². The van der Waals surface area contributed by atoms with Crippen molar-refractivity contribution in [2.24, 2.45) is 9.98 Å². The van der Waals surface area contributed by atoms with Gasteiger partial charge in [0.05, 0.1) is 42.7 Å². The van der Waals surface area contributed by atoms with Gasteiger partial charge in [-0.15, -0.1) is 0 Å². The monoisotopic (exact) mass is 553 g/mol. The summed E-state index contributed by atoms with van der Waals surface area (Å²) >= 11 is 0. The quantitative estimate of drug-likeness (QED) is 0.418. The van der Waals surface area contributed by atoms with Gasteiger partial charge in [-0.1, -0.05) is 0 Å². The summed E-state index contributed by atoms with van der Waals surface area (Å²) in [5.74, 6) is 0.440. The van der Waals surface area contributed by atoms with E-state index in [4.69, 9.17) is 9.47 Å². The lowest BCUT2D eigenvalue weighted by molar-refractivity contribution is -0.137. The number of benzene rings is 2. The molecule has 1 aromatic heterocycles. The maximum atomic E-state index is 13.7. The number of rotatable bonds is 3. The number of hydrogen-bond acceptors (Lipinski definition) is 9. The minimum Gasteiger partial charge on any atom is -0.494 e. The Balaban J connectivity index is 1.69. The third-order valence-corrected chi connectivity index (χ3v) is 6.12. The van der Waals surface area contributed by atoms with Gasteiger partial charge >= 0.3 is 6.18 Å². The number of alkyl halides is 3. The van der Waals surface area contributed by atoms with E-state index in [0.717, 1.165) is 12.1 Å². The fourth-order valence-electron chi connectivity index (χ4n) is 4.32. The fraction of sp³-hybridized carbons (Fsp3) is 0.296. The van der Waals surface area contributed by atoms with Crippen LogP contribution in [-0.4, -0.2) is 47.6 Å². The number of nitrogens with zero attached hydrogens (tertiary/aromatic N) is 4. The van der Waals surface area contributed by atoms with E-state index in [1.807, 2.05) is 13.8 Å². The molecule has 2 aliphatic rings. The van der Waals surface area contributed by atoms with Crippen LogP contribution in [-0.2, 0) is 24.1 Å². The number of amides is 1. The van der Waals surface area contributed by atoms with Crippen LogP contribution in [0.15, 0.2) is 46.5 Å². The standard InChI is InChI=1S/C27H26F3N7O3/c1-26(2)13-33-22(37-26)18-7-15-8-20(21(18)39-4)35-23-19(24(38)31-3)10-32-25(36-23)34-17-6-14(11-40-12-15)5-16(9-17)27(28,29)30/h5-10,13H,11-12H2,1-4H3,(H,31,38)(H2,32,34,35,36). The van der Waals surface area contributed by atoms with E-state index in [9.17, 15) is 18.0 Å². The van der Waals surface area contributed by atoms with Gasteiger partial charge in [0.15, 0.2) is 11.6 Å². The SMILES string of the molecule is CNC(=O)c1cnc2nc1Nc1cc(cc(C3=NC(C)(C)C=N3)c1OC)COCc1cc(cc(C(F)(F)F)c1)N2. The van der Waals surface area contributed by atoms with Crippen LogP contribution < -0.4 is 20.7 Å². The number of ether oxygens (including phenoxy) is 2. The molecule has 6 bridgehead atoms. The summed E-state index contributed by atoms with van der Waals surface area (Å²) < 4.78 is 52.6. The lowest BCUT2D eigenvalue weighted by Crippen LogP contribution is -2.21. The van der Waals surface area contributed by atoms with Gasteiger partial charge in [0, 0.05) is 25.1 Å². The number of halogens is 3. The Labute approximate surface area is 227 Å². The Morgan fingerprint density at radius 1 is 1.10 bits per heavy atom. The number of fused-ring (bicyclic) bond motifs is 6. The number of amidine groups is 1. The second-order valence-electron chi connectivity index (χ2n) is 9.77. The zero-order valence-corrected chi connectivity index (χ0v) is 22.1.